The molecule has 0 saturated heterocycles. The largest absolute Gasteiger partial charge is 0.497 e. The molecule has 2 rings (SSSR count). The summed E-state index contributed by atoms with van der Waals surface area (Å²) in [5, 5.41) is 6.00. The normalized spacial score (nSPS) is 16.9. The minimum Gasteiger partial charge on any atom is -0.497 e. The van der Waals surface area contributed by atoms with Crippen molar-refractivity contribution in [3.05, 3.63) is 24.3 Å². The Morgan fingerprint density at radius 1 is 1.24 bits per heavy atom. The molecule has 2 atom stereocenters. The third kappa shape index (κ3) is 5.74. The summed E-state index contributed by atoms with van der Waals surface area (Å²) in [7, 11) is 1.61. The Morgan fingerprint density at radius 2 is 1.88 bits per heavy atom. The van der Waals surface area contributed by atoms with Crippen molar-refractivity contribution in [1.82, 2.24) is 5.32 Å². The van der Waals surface area contributed by atoms with Crippen LogP contribution in [0.1, 0.15) is 39.5 Å². The number of amides is 2. The summed E-state index contributed by atoms with van der Waals surface area (Å²) in [5.41, 5.74) is 0.726. The summed E-state index contributed by atoms with van der Waals surface area (Å²) in [6, 6.07) is 7.28. The van der Waals surface area contributed by atoms with E-state index >= 15 is 0 Å². The molecule has 25 heavy (non-hydrogen) atoms. The first kappa shape index (κ1) is 19.2. The topological polar surface area (TPSA) is 71.9 Å². The Balaban J connectivity index is 1.85. The molecule has 2 amide bonds. The molecular weight excluding hydrogens is 318 g/mol. The van der Waals surface area contributed by atoms with Crippen LogP contribution in [-0.2, 0) is 9.59 Å². The number of likely N-dealkylation sites (N-methyl/N-ethyl adjacent to an activating group) is 1. The molecule has 0 radical (unpaired) electrons. The molecule has 1 unspecified atom stereocenters. The van der Waals surface area contributed by atoms with Crippen LogP contribution in [0, 0.1) is 0 Å². The number of anilines is 1. The number of carbonyl (C=O) groups is 2. The van der Waals surface area contributed by atoms with Crippen molar-refractivity contribution in [3.63, 3.8) is 0 Å². The highest BCUT2D eigenvalue weighted by atomic mass is 16.5. The third-order valence-electron chi connectivity index (χ3n) is 4.92. The summed E-state index contributed by atoms with van der Waals surface area (Å²) in [5.74, 6) is 0.694. The highest BCUT2D eigenvalue weighted by Crippen LogP contribution is 2.17. The van der Waals surface area contributed by atoms with E-state index in [2.05, 4.69) is 10.6 Å². The first-order valence-electron chi connectivity index (χ1n) is 9.12. The summed E-state index contributed by atoms with van der Waals surface area (Å²) in [4.78, 5) is 25.7. The fourth-order valence-corrected chi connectivity index (χ4v) is 3.25. The maximum atomic E-state index is 12.4. The van der Waals surface area contributed by atoms with E-state index in [9.17, 15) is 9.59 Å². The van der Waals surface area contributed by atoms with Gasteiger partial charge in [-0.25, -0.2) is 0 Å². The molecule has 0 aromatic heterocycles. The lowest BCUT2D eigenvalue weighted by molar-refractivity contribution is -0.904. The van der Waals surface area contributed by atoms with Gasteiger partial charge in [0.1, 0.15) is 5.75 Å². The highest BCUT2D eigenvalue weighted by Gasteiger charge is 2.28. The SMILES string of the molecule is CC[NH+](CC(=O)Nc1ccc(OC)cc1)[C@@H](C)C(=O)NC1CCCC1. The molecule has 1 aliphatic carbocycles. The van der Waals surface area contributed by atoms with Gasteiger partial charge in [-0.2, -0.15) is 0 Å². The van der Waals surface area contributed by atoms with Gasteiger partial charge in [-0.1, -0.05) is 12.8 Å². The van der Waals surface area contributed by atoms with Crippen molar-refractivity contribution in [2.75, 3.05) is 25.5 Å². The lowest BCUT2D eigenvalue weighted by atomic mass is 10.2. The minimum atomic E-state index is -0.243. The fraction of sp³-hybridized carbons (Fsp3) is 0.579. The van der Waals surface area contributed by atoms with Gasteiger partial charge in [0.2, 0.25) is 0 Å². The molecule has 3 N–H and O–H groups in total. The van der Waals surface area contributed by atoms with E-state index in [1.807, 2.05) is 13.8 Å². The Labute approximate surface area is 149 Å². The standard InChI is InChI=1S/C19H29N3O3/c1-4-22(14(2)19(24)21-15-7-5-6-8-15)13-18(23)20-16-9-11-17(25-3)12-10-16/h9-12,14-15H,4-8,13H2,1-3H3,(H,20,23)(H,21,24)/p+1/t14-/m0/s1. The molecule has 1 fully saturated rings. The van der Waals surface area contributed by atoms with Gasteiger partial charge in [-0.3, -0.25) is 9.59 Å². The van der Waals surface area contributed by atoms with Crippen LogP contribution in [0.3, 0.4) is 0 Å². The van der Waals surface area contributed by atoms with Crippen LogP contribution < -0.4 is 20.3 Å². The van der Waals surface area contributed by atoms with E-state index in [4.69, 9.17) is 4.74 Å². The summed E-state index contributed by atoms with van der Waals surface area (Å²) in [6.07, 6.45) is 4.51. The van der Waals surface area contributed by atoms with E-state index in [0.29, 0.717) is 6.04 Å². The van der Waals surface area contributed by atoms with E-state index in [0.717, 1.165) is 35.7 Å². The molecule has 1 saturated carbocycles. The Morgan fingerprint density at radius 3 is 2.44 bits per heavy atom. The lowest BCUT2D eigenvalue weighted by Crippen LogP contribution is -3.17. The van der Waals surface area contributed by atoms with Crippen LogP contribution in [0.2, 0.25) is 0 Å². The predicted molar refractivity (Wildman–Crippen MR) is 97.9 cm³/mol. The number of ether oxygens (including phenoxy) is 1. The summed E-state index contributed by atoms with van der Waals surface area (Å²) >= 11 is 0. The predicted octanol–water partition coefficient (Wildman–Crippen LogP) is 0.986. The average Bonchev–Trinajstić information content (AvgIpc) is 3.12. The van der Waals surface area contributed by atoms with E-state index in [-0.39, 0.29) is 24.4 Å². The Bertz CT molecular complexity index is 568. The average molecular weight is 348 g/mol. The van der Waals surface area contributed by atoms with Crippen LogP contribution in [0.4, 0.5) is 5.69 Å². The van der Waals surface area contributed by atoms with Crippen molar-refractivity contribution in [2.45, 2.75) is 51.6 Å². The molecule has 1 aromatic carbocycles. The maximum absolute atomic E-state index is 12.4. The van der Waals surface area contributed by atoms with Crippen LogP contribution in [0.15, 0.2) is 24.3 Å². The van der Waals surface area contributed by atoms with Gasteiger partial charge in [-0.15, -0.1) is 0 Å². The van der Waals surface area contributed by atoms with Gasteiger partial charge in [0.15, 0.2) is 12.6 Å². The van der Waals surface area contributed by atoms with Gasteiger partial charge in [0, 0.05) is 11.7 Å². The van der Waals surface area contributed by atoms with Crippen LogP contribution in [-0.4, -0.2) is 44.1 Å². The molecule has 6 nitrogen and oxygen atoms in total. The number of quaternary nitrogens is 1. The van der Waals surface area contributed by atoms with E-state index in [1.165, 1.54) is 12.8 Å². The van der Waals surface area contributed by atoms with Crippen molar-refractivity contribution < 1.29 is 19.2 Å². The molecule has 0 heterocycles. The molecule has 138 valence electrons. The zero-order chi connectivity index (χ0) is 18.2. The number of carbonyl (C=O) groups excluding carboxylic acids is 2. The number of rotatable bonds is 8. The smallest absolute Gasteiger partial charge is 0.279 e. The van der Waals surface area contributed by atoms with Gasteiger partial charge in [0.25, 0.3) is 11.8 Å². The van der Waals surface area contributed by atoms with Crippen LogP contribution in [0.25, 0.3) is 0 Å². The molecule has 0 spiro atoms. The Hall–Kier alpha value is -2.08. The minimum absolute atomic E-state index is 0.0426. The second-order valence-corrected chi connectivity index (χ2v) is 6.68. The second-order valence-electron chi connectivity index (χ2n) is 6.68. The number of benzene rings is 1. The number of methoxy groups -OCH3 is 1. The molecule has 1 aromatic rings. The summed E-state index contributed by atoms with van der Waals surface area (Å²) < 4.78 is 5.11. The van der Waals surface area contributed by atoms with Crippen LogP contribution >= 0.6 is 0 Å². The van der Waals surface area contributed by atoms with Gasteiger partial charge >= 0.3 is 0 Å². The van der Waals surface area contributed by atoms with Gasteiger partial charge in [-0.05, 0) is 51.0 Å². The first-order chi connectivity index (χ1) is 12.0. The fourth-order valence-electron chi connectivity index (χ4n) is 3.25. The van der Waals surface area contributed by atoms with Crippen molar-refractivity contribution in [1.29, 1.82) is 0 Å². The van der Waals surface area contributed by atoms with Crippen LogP contribution in [0.5, 0.6) is 5.75 Å². The van der Waals surface area contributed by atoms with Crippen molar-refractivity contribution >= 4 is 17.5 Å². The van der Waals surface area contributed by atoms with Gasteiger partial charge < -0.3 is 20.3 Å². The third-order valence-corrected chi connectivity index (χ3v) is 4.92. The van der Waals surface area contributed by atoms with Gasteiger partial charge in [0.05, 0.1) is 13.7 Å². The maximum Gasteiger partial charge on any atom is 0.279 e. The van der Waals surface area contributed by atoms with Crippen molar-refractivity contribution in [3.8, 4) is 5.75 Å². The van der Waals surface area contributed by atoms with Crippen molar-refractivity contribution in [2.24, 2.45) is 0 Å². The second kappa shape index (κ2) is 9.42. The van der Waals surface area contributed by atoms with E-state index in [1.54, 1.807) is 31.4 Å². The zero-order valence-electron chi connectivity index (χ0n) is 15.4. The summed E-state index contributed by atoms with van der Waals surface area (Å²) in [6.45, 7) is 4.87. The molecule has 6 heteroatoms. The number of hydrogen-bond donors (Lipinski definition) is 3. The first-order valence-corrected chi connectivity index (χ1v) is 9.12. The monoisotopic (exact) mass is 348 g/mol. The quantitative estimate of drug-likeness (QED) is 0.656. The molecule has 0 bridgehead atoms. The number of hydrogen-bond acceptors (Lipinski definition) is 3. The van der Waals surface area contributed by atoms with E-state index < -0.39 is 0 Å². The zero-order valence-corrected chi connectivity index (χ0v) is 15.4. The molecular formula is C19H30N3O3+. The molecule has 0 aliphatic heterocycles. The number of nitrogens with one attached hydrogen (secondary N) is 3. The highest BCUT2D eigenvalue weighted by molar-refractivity contribution is 5.91. The Kier molecular flexibility index (Phi) is 7.25. The lowest BCUT2D eigenvalue weighted by Gasteiger charge is -2.25. The molecule has 1 aliphatic rings.